The molecule has 0 bridgehead atoms. The van der Waals surface area contributed by atoms with Gasteiger partial charge in [0, 0.05) is 5.69 Å². The van der Waals surface area contributed by atoms with Crippen LogP contribution in [0.2, 0.25) is 0 Å². The van der Waals surface area contributed by atoms with Gasteiger partial charge in [-0.1, -0.05) is 36.4 Å². The fourth-order valence-corrected chi connectivity index (χ4v) is 1.38. The summed E-state index contributed by atoms with van der Waals surface area (Å²) >= 11 is 0. The molecule has 0 aliphatic carbocycles. The Bertz CT molecular complexity index is 440. The predicted octanol–water partition coefficient (Wildman–Crippen LogP) is 2.21. The minimum Gasteiger partial charge on any atom is -0.379 e. The lowest BCUT2D eigenvalue weighted by molar-refractivity contribution is -0.125. The van der Waals surface area contributed by atoms with Crippen molar-refractivity contribution >= 4 is 11.6 Å². The third kappa shape index (κ3) is 3.83. The molecule has 0 spiro atoms. The van der Waals surface area contributed by atoms with E-state index < -0.39 is 0 Å². The Balaban J connectivity index is 1.73. The maximum absolute atomic E-state index is 11.5. The molecular weight excluding hydrogens is 228 g/mol. The smallest absolute Gasteiger partial charge is 0.271 e. The molecule has 0 aliphatic rings. The van der Waals surface area contributed by atoms with Crippen LogP contribution in [0, 0.1) is 0 Å². The summed E-state index contributed by atoms with van der Waals surface area (Å²) in [6.07, 6.45) is 0. The van der Waals surface area contributed by atoms with Crippen molar-refractivity contribution in [2.24, 2.45) is 0 Å². The summed E-state index contributed by atoms with van der Waals surface area (Å²) in [5.41, 5.74) is 3.26. The Morgan fingerprint density at radius 2 is 1.56 bits per heavy atom. The van der Waals surface area contributed by atoms with Crippen LogP contribution in [0.3, 0.4) is 0 Å². The molecule has 0 aromatic heterocycles. The van der Waals surface area contributed by atoms with Gasteiger partial charge in [0.25, 0.3) is 5.91 Å². The second-order valence-corrected chi connectivity index (χ2v) is 3.66. The fourth-order valence-electron chi connectivity index (χ4n) is 1.38. The summed E-state index contributed by atoms with van der Waals surface area (Å²) in [6, 6.07) is 18.6. The standard InChI is InChI=1S/C14H14N2O2/c17-14(11-15-12-7-3-1-4-8-12)16-18-13-9-5-2-6-10-13/h1-10,15H,11H2,(H,16,17). The van der Waals surface area contributed by atoms with Crippen LogP contribution in [0.1, 0.15) is 0 Å². The van der Waals surface area contributed by atoms with Crippen molar-refractivity contribution in [3.05, 3.63) is 60.7 Å². The van der Waals surface area contributed by atoms with Crippen LogP contribution in [-0.2, 0) is 4.79 Å². The van der Waals surface area contributed by atoms with Gasteiger partial charge in [-0.15, -0.1) is 0 Å². The Morgan fingerprint density at radius 1 is 0.944 bits per heavy atom. The highest BCUT2D eigenvalue weighted by Gasteiger charge is 2.01. The maximum Gasteiger partial charge on any atom is 0.271 e. The molecule has 0 aliphatic heterocycles. The molecule has 0 atom stereocenters. The summed E-state index contributed by atoms with van der Waals surface area (Å²) in [5.74, 6) is 0.369. The van der Waals surface area contributed by atoms with E-state index in [0.29, 0.717) is 5.75 Å². The van der Waals surface area contributed by atoms with Gasteiger partial charge in [0.05, 0.1) is 6.54 Å². The molecule has 18 heavy (non-hydrogen) atoms. The summed E-state index contributed by atoms with van der Waals surface area (Å²) in [6.45, 7) is 0.164. The maximum atomic E-state index is 11.5. The molecule has 1 amide bonds. The van der Waals surface area contributed by atoms with E-state index in [1.165, 1.54) is 0 Å². The monoisotopic (exact) mass is 242 g/mol. The summed E-state index contributed by atoms with van der Waals surface area (Å²) in [4.78, 5) is 16.6. The van der Waals surface area contributed by atoms with Crippen molar-refractivity contribution < 1.29 is 9.63 Å². The van der Waals surface area contributed by atoms with Crippen LogP contribution in [0.25, 0.3) is 0 Å². The van der Waals surface area contributed by atoms with Gasteiger partial charge >= 0.3 is 0 Å². The minimum atomic E-state index is -0.234. The van der Waals surface area contributed by atoms with Crippen LogP contribution >= 0.6 is 0 Å². The Labute approximate surface area is 106 Å². The third-order valence-corrected chi connectivity index (χ3v) is 2.25. The lowest BCUT2D eigenvalue weighted by atomic mass is 10.3. The summed E-state index contributed by atoms with van der Waals surface area (Å²) in [7, 11) is 0. The van der Waals surface area contributed by atoms with E-state index in [4.69, 9.17) is 4.84 Å². The van der Waals surface area contributed by atoms with Gasteiger partial charge in [-0.25, -0.2) is 0 Å². The number of hydrogen-bond donors (Lipinski definition) is 2. The number of rotatable bonds is 5. The van der Waals surface area contributed by atoms with Gasteiger partial charge in [0.2, 0.25) is 0 Å². The molecule has 2 N–H and O–H groups in total. The molecule has 2 aromatic carbocycles. The molecule has 0 saturated carbocycles. The van der Waals surface area contributed by atoms with E-state index in [-0.39, 0.29) is 12.5 Å². The Morgan fingerprint density at radius 3 is 2.22 bits per heavy atom. The fraction of sp³-hybridized carbons (Fsp3) is 0.0714. The van der Waals surface area contributed by atoms with Crippen molar-refractivity contribution in [1.82, 2.24) is 5.48 Å². The largest absolute Gasteiger partial charge is 0.379 e. The van der Waals surface area contributed by atoms with Gasteiger partial charge in [-0.2, -0.15) is 5.48 Å². The second-order valence-electron chi connectivity index (χ2n) is 3.66. The second kappa shape index (κ2) is 6.30. The molecule has 2 rings (SSSR count). The number of carbonyl (C=O) groups is 1. The van der Waals surface area contributed by atoms with E-state index in [9.17, 15) is 4.79 Å². The zero-order valence-electron chi connectivity index (χ0n) is 9.80. The first-order valence-corrected chi connectivity index (χ1v) is 5.64. The average Bonchev–Trinajstić information content (AvgIpc) is 2.45. The molecule has 0 fully saturated rings. The number of amides is 1. The number of nitrogens with one attached hydrogen (secondary N) is 2. The lowest BCUT2D eigenvalue weighted by Crippen LogP contribution is -2.32. The highest BCUT2D eigenvalue weighted by atomic mass is 16.7. The molecule has 0 radical (unpaired) electrons. The van der Waals surface area contributed by atoms with Gasteiger partial charge in [-0.05, 0) is 24.3 Å². The topological polar surface area (TPSA) is 50.4 Å². The van der Waals surface area contributed by atoms with E-state index in [1.807, 2.05) is 48.5 Å². The van der Waals surface area contributed by atoms with Crippen LogP contribution in [0.5, 0.6) is 5.75 Å². The van der Waals surface area contributed by atoms with Gasteiger partial charge in [-0.3, -0.25) is 4.79 Å². The van der Waals surface area contributed by atoms with Gasteiger partial charge in [0.15, 0.2) is 5.75 Å². The first-order chi connectivity index (χ1) is 8.84. The van der Waals surface area contributed by atoms with E-state index >= 15 is 0 Å². The molecule has 92 valence electrons. The van der Waals surface area contributed by atoms with Crippen LogP contribution < -0.4 is 15.6 Å². The zero-order valence-corrected chi connectivity index (χ0v) is 9.80. The average molecular weight is 242 g/mol. The SMILES string of the molecule is O=C(CNc1ccccc1)NOc1ccccc1. The zero-order chi connectivity index (χ0) is 12.6. The lowest BCUT2D eigenvalue weighted by Gasteiger charge is -2.08. The minimum absolute atomic E-state index is 0.164. The molecular formula is C14H14N2O2. The normalized spacial score (nSPS) is 9.56. The highest BCUT2D eigenvalue weighted by molar-refractivity contribution is 5.79. The van der Waals surface area contributed by atoms with E-state index in [1.54, 1.807) is 12.1 Å². The van der Waals surface area contributed by atoms with Gasteiger partial charge < -0.3 is 10.2 Å². The number of benzene rings is 2. The number of anilines is 1. The van der Waals surface area contributed by atoms with Crippen molar-refractivity contribution in [3.8, 4) is 5.75 Å². The highest BCUT2D eigenvalue weighted by Crippen LogP contribution is 2.06. The predicted molar refractivity (Wildman–Crippen MR) is 70.1 cm³/mol. The van der Waals surface area contributed by atoms with Gasteiger partial charge in [0.1, 0.15) is 0 Å². The molecule has 0 unspecified atom stereocenters. The molecule has 2 aromatic rings. The molecule has 0 heterocycles. The van der Waals surface area contributed by atoms with Crippen molar-refractivity contribution in [2.75, 3.05) is 11.9 Å². The van der Waals surface area contributed by atoms with E-state index in [2.05, 4.69) is 10.8 Å². The van der Waals surface area contributed by atoms with Crippen LogP contribution in [0.15, 0.2) is 60.7 Å². The molecule has 4 heteroatoms. The Hall–Kier alpha value is -2.49. The third-order valence-electron chi connectivity index (χ3n) is 2.25. The van der Waals surface area contributed by atoms with E-state index in [0.717, 1.165) is 5.69 Å². The first-order valence-electron chi connectivity index (χ1n) is 5.64. The Kier molecular flexibility index (Phi) is 4.19. The van der Waals surface area contributed by atoms with Crippen LogP contribution in [0.4, 0.5) is 5.69 Å². The number of hydrogen-bond acceptors (Lipinski definition) is 3. The number of carbonyl (C=O) groups excluding carboxylic acids is 1. The van der Waals surface area contributed by atoms with Crippen molar-refractivity contribution in [2.45, 2.75) is 0 Å². The van der Waals surface area contributed by atoms with Crippen molar-refractivity contribution in [1.29, 1.82) is 0 Å². The summed E-state index contributed by atoms with van der Waals surface area (Å²) < 4.78 is 0. The molecule has 4 nitrogen and oxygen atoms in total. The van der Waals surface area contributed by atoms with Crippen molar-refractivity contribution in [3.63, 3.8) is 0 Å². The molecule has 0 saturated heterocycles. The van der Waals surface area contributed by atoms with Crippen LogP contribution in [-0.4, -0.2) is 12.5 Å². The quantitative estimate of drug-likeness (QED) is 0.790. The number of hydroxylamine groups is 1. The first kappa shape index (κ1) is 12.0. The summed E-state index contributed by atoms with van der Waals surface area (Å²) in [5, 5.41) is 2.99. The number of para-hydroxylation sites is 2.